The third-order valence-electron chi connectivity index (χ3n) is 2.77. The van der Waals surface area contributed by atoms with E-state index in [1.165, 1.54) is 4.31 Å². The van der Waals surface area contributed by atoms with E-state index in [0.29, 0.717) is 6.54 Å². The van der Waals surface area contributed by atoms with Gasteiger partial charge in [-0.2, -0.15) is 12.7 Å². The van der Waals surface area contributed by atoms with Gasteiger partial charge in [-0.25, -0.2) is 4.72 Å². The molecule has 0 aromatic rings. The second-order valence-corrected chi connectivity index (χ2v) is 5.67. The van der Waals surface area contributed by atoms with E-state index in [1.54, 1.807) is 14.0 Å². The van der Waals surface area contributed by atoms with Crippen molar-refractivity contribution in [2.24, 2.45) is 0 Å². The zero-order valence-electron chi connectivity index (χ0n) is 9.49. The summed E-state index contributed by atoms with van der Waals surface area (Å²) >= 11 is 0. The van der Waals surface area contributed by atoms with Crippen LogP contribution in [0, 0.1) is 0 Å². The molecule has 0 aromatic carbocycles. The maximum absolute atomic E-state index is 11.7. The first-order valence-corrected chi connectivity index (χ1v) is 6.95. The minimum atomic E-state index is -3.27. The summed E-state index contributed by atoms with van der Waals surface area (Å²) in [6.07, 6.45) is 2.87. The van der Waals surface area contributed by atoms with E-state index in [4.69, 9.17) is 0 Å². The molecule has 1 unspecified atom stereocenters. The highest BCUT2D eigenvalue weighted by Gasteiger charge is 2.25. The first-order chi connectivity index (χ1) is 7.08. The summed E-state index contributed by atoms with van der Waals surface area (Å²) in [5.74, 6) is 0. The fourth-order valence-electron chi connectivity index (χ4n) is 1.84. The monoisotopic (exact) mass is 235 g/mol. The van der Waals surface area contributed by atoms with Gasteiger partial charge >= 0.3 is 0 Å². The van der Waals surface area contributed by atoms with E-state index in [9.17, 15) is 8.42 Å². The van der Waals surface area contributed by atoms with Gasteiger partial charge in [-0.15, -0.1) is 0 Å². The first-order valence-electron chi connectivity index (χ1n) is 5.51. The highest BCUT2D eigenvalue weighted by molar-refractivity contribution is 7.87. The molecular formula is C9H21N3O2S. The van der Waals surface area contributed by atoms with Gasteiger partial charge in [0.15, 0.2) is 0 Å². The molecule has 5 nitrogen and oxygen atoms in total. The Balaban J connectivity index is 2.61. The van der Waals surface area contributed by atoms with Crippen LogP contribution in [0.2, 0.25) is 0 Å². The van der Waals surface area contributed by atoms with Gasteiger partial charge in [-0.1, -0.05) is 6.92 Å². The van der Waals surface area contributed by atoms with Crippen LogP contribution in [-0.2, 0) is 10.2 Å². The zero-order valence-corrected chi connectivity index (χ0v) is 10.3. The molecule has 1 heterocycles. The lowest BCUT2D eigenvalue weighted by Crippen LogP contribution is -2.44. The summed E-state index contributed by atoms with van der Waals surface area (Å²) in [5.41, 5.74) is 0. The Bertz CT molecular complexity index is 271. The molecule has 0 amide bonds. The number of hydrogen-bond donors (Lipinski definition) is 2. The third kappa shape index (κ3) is 3.71. The fraction of sp³-hybridized carbons (Fsp3) is 1.00. The van der Waals surface area contributed by atoms with Crippen LogP contribution < -0.4 is 10.0 Å². The Hall–Kier alpha value is -0.170. The summed E-state index contributed by atoms with van der Waals surface area (Å²) in [7, 11) is -1.61. The molecule has 0 aliphatic carbocycles. The van der Waals surface area contributed by atoms with Crippen molar-refractivity contribution in [3.05, 3.63) is 0 Å². The summed E-state index contributed by atoms with van der Waals surface area (Å²) < 4.78 is 27.5. The highest BCUT2D eigenvalue weighted by Crippen LogP contribution is 2.14. The van der Waals surface area contributed by atoms with Gasteiger partial charge in [-0.05, 0) is 32.4 Å². The number of nitrogens with one attached hydrogen (secondary N) is 2. The van der Waals surface area contributed by atoms with Gasteiger partial charge in [0, 0.05) is 19.6 Å². The third-order valence-corrected chi connectivity index (χ3v) is 4.48. The Morgan fingerprint density at radius 1 is 1.40 bits per heavy atom. The predicted molar refractivity (Wildman–Crippen MR) is 60.9 cm³/mol. The lowest BCUT2D eigenvalue weighted by Gasteiger charge is -2.25. The smallest absolute Gasteiger partial charge is 0.279 e. The van der Waals surface area contributed by atoms with E-state index in [1.807, 2.05) is 0 Å². The molecule has 1 aliphatic heterocycles. The minimum Gasteiger partial charge on any atom is -0.317 e. The van der Waals surface area contributed by atoms with E-state index < -0.39 is 10.2 Å². The quantitative estimate of drug-likeness (QED) is 0.716. The van der Waals surface area contributed by atoms with Crippen molar-refractivity contribution in [1.82, 2.24) is 14.3 Å². The number of rotatable bonds is 4. The van der Waals surface area contributed by atoms with Gasteiger partial charge in [-0.3, -0.25) is 0 Å². The van der Waals surface area contributed by atoms with Gasteiger partial charge in [0.2, 0.25) is 0 Å². The lowest BCUT2D eigenvalue weighted by atomic mass is 10.1. The summed E-state index contributed by atoms with van der Waals surface area (Å²) in [6.45, 7) is 4.12. The second-order valence-electron chi connectivity index (χ2n) is 3.85. The van der Waals surface area contributed by atoms with Gasteiger partial charge < -0.3 is 5.32 Å². The minimum absolute atomic E-state index is 0.129. The van der Waals surface area contributed by atoms with Crippen LogP contribution in [-0.4, -0.2) is 45.4 Å². The molecule has 6 heteroatoms. The number of nitrogens with zero attached hydrogens (tertiary/aromatic N) is 1. The van der Waals surface area contributed by atoms with Crippen molar-refractivity contribution in [1.29, 1.82) is 0 Å². The van der Waals surface area contributed by atoms with Crippen LogP contribution >= 0.6 is 0 Å². The van der Waals surface area contributed by atoms with Crippen molar-refractivity contribution < 1.29 is 8.42 Å². The molecule has 1 rings (SSSR count). The Morgan fingerprint density at radius 2 is 2.13 bits per heavy atom. The molecule has 90 valence electrons. The molecule has 1 atom stereocenters. The average Bonchev–Trinajstić information content (AvgIpc) is 2.44. The molecule has 1 saturated heterocycles. The molecular weight excluding hydrogens is 214 g/mol. The summed E-state index contributed by atoms with van der Waals surface area (Å²) in [6, 6.07) is 0.129. The Morgan fingerprint density at radius 3 is 2.80 bits per heavy atom. The second kappa shape index (κ2) is 5.79. The van der Waals surface area contributed by atoms with Gasteiger partial charge in [0.05, 0.1) is 0 Å². The molecule has 2 N–H and O–H groups in total. The van der Waals surface area contributed by atoms with Gasteiger partial charge in [0.25, 0.3) is 10.2 Å². The lowest BCUT2D eigenvalue weighted by molar-refractivity contribution is 0.337. The molecule has 0 spiro atoms. The first kappa shape index (κ1) is 12.9. The van der Waals surface area contributed by atoms with Gasteiger partial charge in [0.1, 0.15) is 0 Å². The van der Waals surface area contributed by atoms with Crippen molar-refractivity contribution >= 4 is 10.2 Å². The van der Waals surface area contributed by atoms with Crippen LogP contribution in [0.15, 0.2) is 0 Å². The molecule has 0 radical (unpaired) electrons. The SMILES string of the molecule is CCNS(=O)(=O)N(C)C1CCCNCC1. The molecule has 1 aliphatic rings. The molecule has 1 fully saturated rings. The van der Waals surface area contributed by atoms with Crippen LogP contribution in [0.3, 0.4) is 0 Å². The van der Waals surface area contributed by atoms with Crippen LogP contribution in [0.5, 0.6) is 0 Å². The van der Waals surface area contributed by atoms with Crippen LogP contribution in [0.25, 0.3) is 0 Å². The summed E-state index contributed by atoms with van der Waals surface area (Å²) in [5, 5.41) is 3.27. The van der Waals surface area contributed by atoms with E-state index in [0.717, 1.165) is 32.4 Å². The van der Waals surface area contributed by atoms with E-state index in [2.05, 4.69) is 10.0 Å². The van der Waals surface area contributed by atoms with Crippen molar-refractivity contribution in [3.8, 4) is 0 Å². The summed E-state index contributed by atoms with van der Waals surface area (Å²) in [4.78, 5) is 0. The normalized spacial score (nSPS) is 24.1. The van der Waals surface area contributed by atoms with E-state index in [-0.39, 0.29) is 6.04 Å². The van der Waals surface area contributed by atoms with Crippen molar-refractivity contribution in [2.45, 2.75) is 32.2 Å². The fourth-order valence-corrected chi connectivity index (χ4v) is 3.02. The van der Waals surface area contributed by atoms with Crippen molar-refractivity contribution in [2.75, 3.05) is 26.7 Å². The molecule has 0 aromatic heterocycles. The van der Waals surface area contributed by atoms with Crippen molar-refractivity contribution in [3.63, 3.8) is 0 Å². The molecule has 0 bridgehead atoms. The Labute approximate surface area is 92.4 Å². The predicted octanol–water partition coefficient (Wildman–Crippen LogP) is -0.0854. The largest absolute Gasteiger partial charge is 0.317 e. The highest BCUT2D eigenvalue weighted by atomic mass is 32.2. The maximum Gasteiger partial charge on any atom is 0.279 e. The van der Waals surface area contributed by atoms with Crippen LogP contribution in [0.4, 0.5) is 0 Å². The standard InChI is InChI=1S/C9H21N3O2S/c1-3-11-15(13,14)12(2)9-5-4-7-10-8-6-9/h9-11H,3-8H2,1-2H3. The van der Waals surface area contributed by atoms with E-state index >= 15 is 0 Å². The average molecular weight is 235 g/mol. The zero-order chi connectivity index (χ0) is 11.3. The number of hydrogen-bond acceptors (Lipinski definition) is 3. The molecule has 15 heavy (non-hydrogen) atoms. The topological polar surface area (TPSA) is 61.4 Å². The van der Waals surface area contributed by atoms with Crippen LogP contribution in [0.1, 0.15) is 26.2 Å². The maximum atomic E-state index is 11.7. The molecule has 0 saturated carbocycles. The Kier molecular flexibility index (Phi) is 4.98.